The van der Waals surface area contributed by atoms with E-state index in [-0.39, 0.29) is 17.0 Å². The van der Waals surface area contributed by atoms with Crippen molar-refractivity contribution < 1.29 is 4.79 Å². The summed E-state index contributed by atoms with van der Waals surface area (Å²) in [6, 6.07) is 12.8. The summed E-state index contributed by atoms with van der Waals surface area (Å²) < 4.78 is 2.37. The Morgan fingerprint density at radius 3 is 2.40 bits per heavy atom. The summed E-state index contributed by atoms with van der Waals surface area (Å²) in [5.41, 5.74) is 2.71. The Bertz CT molecular complexity index is 1350. The number of nitriles is 1. The number of carbonyl (C=O) groups is 1. The van der Waals surface area contributed by atoms with Crippen LogP contribution in [0.15, 0.2) is 40.0 Å². The van der Waals surface area contributed by atoms with E-state index in [2.05, 4.69) is 55.1 Å². The monoisotopic (exact) mass is 576 g/mol. The number of nitrogens with zero attached hydrogens (tertiary/aromatic N) is 4. The maximum Gasteiger partial charge on any atom is 0.270 e. The van der Waals surface area contributed by atoms with Crippen molar-refractivity contribution in [1.82, 2.24) is 9.47 Å². The Hall–Kier alpha value is -2.89. The predicted molar refractivity (Wildman–Crippen MR) is 170 cm³/mol. The maximum absolute atomic E-state index is 13.6. The summed E-state index contributed by atoms with van der Waals surface area (Å²) in [6.45, 7) is 8.89. The first kappa shape index (κ1) is 30.1. The highest BCUT2D eigenvalue weighted by Gasteiger charge is 2.33. The lowest BCUT2D eigenvalue weighted by Crippen LogP contribution is -2.40. The van der Waals surface area contributed by atoms with Crippen LogP contribution in [0.4, 0.5) is 5.82 Å². The van der Waals surface area contributed by atoms with Crippen molar-refractivity contribution in [3.05, 3.63) is 67.8 Å². The minimum absolute atomic E-state index is 0.0807. The lowest BCUT2D eigenvalue weighted by molar-refractivity contribution is -0.122. The van der Waals surface area contributed by atoms with Gasteiger partial charge in [0.25, 0.3) is 11.5 Å². The Morgan fingerprint density at radius 2 is 1.75 bits per heavy atom. The summed E-state index contributed by atoms with van der Waals surface area (Å²) in [5, 5.41) is 9.97. The highest BCUT2D eigenvalue weighted by Crippen LogP contribution is 2.37. The number of benzene rings is 1. The molecule has 2 aromatic rings. The van der Waals surface area contributed by atoms with Crippen LogP contribution in [0.1, 0.15) is 81.0 Å². The summed E-state index contributed by atoms with van der Waals surface area (Å²) in [4.78, 5) is 31.6. The zero-order valence-corrected chi connectivity index (χ0v) is 25.6. The van der Waals surface area contributed by atoms with Crippen molar-refractivity contribution >= 4 is 46.1 Å². The third kappa shape index (κ3) is 6.70. The number of amides is 1. The number of thioether (sulfide) groups is 1. The van der Waals surface area contributed by atoms with E-state index in [1.807, 2.05) is 13.0 Å². The van der Waals surface area contributed by atoms with Gasteiger partial charge in [-0.05, 0) is 62.1 Å². The minimum Gasteiger partial charge on any atom is -0.357 e. The lowest BCUT2D eigenvalue weighted by atomic mass is 9.90. The van der Waals surface area contributed by atoms with Crippen molar-refractivity contribution in [2.24, 2.45) is 5.92 Å². The van der Waals surface area contributed by atoms with Gasteiger partial charge in [-0.3, -0.25) is 19.1 Å². The molecule has 0 spiro atoms. The van der Waals surface area contributed by atoms with Gasteiger partial charge in [-0.25, -0.2) is 0 Å². The van der Waals surface area contributed by atoms with Gasteiger partial charge in [0.1, 0.15) is 21.8 Å². The second-order valence-corrected chi connectivity index (χ2v) is 12.5. The second kappa shape index (κ2) is 14.1. The Balaban J connectivity index is 1.71. The third-order valence-corrected chi connectivity index (χ3v) is 9.38. The number of piperidine rings is 1. The number of rotatable bonds is 11. The molecule has 0 bridgehead atoms. The Labute approximate surface area is 248 Å². The molecule has 8 heteroatoms. The number of aromatic nitrogens is 1. The van der Waals surface area contributed by atoms with E-state index in [1.54, 1.807) is 9.47 Å². The number of pyridine rings is 1. The molecule has 40 heavy (non-hydrogen) atoms. The van der Waals surface area contributed by atoms with E-state index in [1.165, 1.54) is 17.3 Å². The van der Waals surface area contributed by atoms with Gasteiger partial charge in [-0.15, -0.1) is 0 Å². The van der Waals surface area contributed by atoms with E-state index in [9.17, 15) is 14.9 Å². The van der Waals surface area contributed by atoms with Gasteiger partial charge in [-0.1, -0.05) is 87.4 Å². The van der Waals surface area contributed by atoms with Crippen LogP contribution < -0.4 is 10.5 Å². The molecule has 0 radical (unpaired) electrons. The quantitative estimate of drug-likeness (QED) is 0.169. The van der Waals surface area contributed by atoms with Crippen molar-refractivity contribution in [3.63, 3.8) is 0 Å². The molecule has 1 aromatic heterocycles. The van der Waals surface area contributed by atoms with Crippen LogP contribution in [0.25, 0.3) is 6.08 Å². The molecule has 212 valence electrons. The molecule has 0 aliphatic carbocycles. The number of carbonyl (C=O) groups excluding carboxylic acids is 1. The number of anilines is 1. The molecule has 3 heterocycles. The lowest BCUT2D eigenvalue weighted by Gasteiger charge is -2.36. The molecule has 0 unspecified atom stereocenters. The van der Waals surface area contributed by atoms with Crippen LogP contribution in [0, 0.1) is 24.2 Å². The molecule has 0 saturated carbocycles. The molecule has 1 amide bonds. The standard InChI is InChI=1S/C32H40N4O2S2/c1-4-6-11-17-36-31(38)28(40-32(36)39)21-26-23(3)27(22-33)30(37)35(16-7-5-2)29(26)34-18-14-25(15-19-34)20-24-12-9-8-10-13-24/h8-10,12-13,21,25H,4-7,11,14-20H2,1-3H3/b28-21+. The predicted octanol–water partition coefficient (Wildman–Crippen LogP) is 6.68. The smallest absolute Gasteiger partial charge is 0.270 e. The molecule has 2 aliphatic rings. The normalized spacial score (nSPS) is 17.2. The van der Waals surface area contributed by atoms with Crippen LogP contribution >= 0.6 is 24.0 Å². The van der Waals surface area contributed by atoms with E-state index in [0.29, 0.717) is 33.8 Å². The fourth-order valence-corrected chi connectivity index (χ4v) is 6.94. The van der Waals surface area contributed by atoms with E-state index in [0.717, 1.165) is 75.8 Å². The number of hydrogen-bond acceptors (Lipinski definition) is 6. The van der Waals surface area contributed by atoms with E-state index in [4.69, 9.17) is 12.2 Å². The summed E-state index contributed by atoms with van der Waals surface area (Å²) in [7, 11) is 0. The molecule has 6 nitrogen and oxygen atoms in total. The van der Waals surface area contributed by atoms with Gasteiger partial charge in [0.05, 0.1) is 4.91 Å². The number of thiocarbonyl (C=S) groups is 1. The van der Waals surface area contributed by atoms with Crippen LogP contribution in [-0.2, 0) is 17.8 Å². The SMILES string of the molecule is CCCCCN1C(=O)/C(=C\c2c(C)c(C#N)c(=O)n(CCCC)c2N2CCC(Cc3ccccc3)CC2)SC1=S. The van der Waals surface area contributed by atoms with Crippen molar-refractivity contribution in [3.8, 4) is 6.07 Å². The first-order chi connectivity index (χ1) is 19.4. The van der Waals surface area contributed by atoms with E-state index < -0.39 is 0 Å². The topological polar surface area (TPSA) is 69.3 Å². The van der Waals surface area contributed by atoms with Crippen molar-refractivity contribution in [2.45, 2.75) is 78.7 Å². The maximum atomic E-state index is 13.6. The Kier molecular flexibility index (Phi) is 10.6. The summed E-state index contributed by atoms with van der Waals surface area (Å²) in [6.07, 6.45) is 9.80. The molecule has 4 rings (SSSR count). The zero-order valence-electron chi connectivity index (χ0n) is 23.9. The molecular weight excluding hydrogens is 537 g/mol. The van der Waals surface area contributed by atoms with Gasteiger partial charge in [0.15, 0.2) is 0 Å². The van der Waals surface area contributed by atoms with Gasteiger partial charge >= 0.3 is 0 Å². The molecule has 2 fully saturated rings. The van der Waals surface area contributed by atoms with Crippen LogP contribution in [0.3, 0.4) is 0 Å². The highest BCUT2D eigenvalue weighted by atomic mass is 32.2. The highest BCUT2D eigenvalue weighted by molar-refractivity contribution is 8.26. The molecule has 2 saturated heterocycles. The van der Waals surface area contributed by atoms with Crippen LogP contribution in [-0.4, -0.2) is 39.3 Å². The van der Waals surface area contributed by atoms with Gasteiger partial charge < -0.3 is 4.90 Å². The summed E-state index contributed by atoms with van der Waals surface area (Å²) >= 11 is 6.90. The van der Waals surface area contributed by atoms with Crippen LogP contribution in [0.5, 0.6) is 0 Å². The van der Waals surface area contributed by atoms with Gasteiger partial charge in [0.2, 0.25) is 0 Å². The largest absolute Gasteiger partial charge is 0.357 e. The number of hydrogen-bond donors (Lipinski definition) is 0. The van der Waals surface area contributed by atoms with Crippen molar-refractivity contribution in [2.75, 3.05) is 24.5 Å². The first-order valence-electron chi connectivity index (χ1n) is 14.6. The third-order valence-electron chi connectivity index (χ3n) is 8.00. The average molecular weight is 577 g/mol. The minimum atomic E-state index is -0.237. The summed E-state index contributed by atoms with van der Waals surface area (Å²) in [5.74, 6) is 1.34. The molecule has 0 atom stereocenters. The fourth-order valence-electron chi connectivity index (χ4n) is 5.65. The number of unbranched alkanes of at least 4 members (excludes halogenated alkanes) is 3. The first-order valence-corrected chi connectivity index (χ1v) is 15.8. The Morgan fingerprint density at radius 1 is 1.05 bits per heavy atom. The van der Waals surface area contributed by atoms with Gasteiger partial charge in [0, 0.05) is 31.7 Å². The molecular formula is C32H40N4O2S2. The molecule has 1 aromatic carbocycles. The molecule has 2 aliphatic heterocycles. The van der Waals surface area contributed by atoms with E-state index >= 15 is 0 Å². The fraction of sp³-hybridized carbons (Fsp3) is 0.500. The van der Waals surface area contributed by atoms with Gasteiger partial charge in [-0.2, -0.15) is 5.26 Å². The van der Waals surface area contributed by atoms with Crippen molar-refractivity contribution in [1.29, 1.82) is 5.26 Å². The zero-order chi connectivity index (χ0) is 28.6. The second-order valence-electron chi connectivity index (χ2n) is 10.8. The molecule has 0 N–H and O–H groups in total. The van der Waals surface area contributed by atoms with Crippen LogP contribution in [0.2, 0.25) is 0 Å². The average Bonchev–Trinajstić information content (AvgIpc) is 3.22.